The highest BCUT2D eigenvalue weighted by molar-refractivity contribution is 5.50. The molecular formula is C13H21N5. The lowest BCUT2D eigenvalue weighted by molar-refractivity contribution is 0.831. The lowest BCUT2D eigenvalue weighted by atomic mass is 10.2. The van der Waals surface area contributed by atoms with Gasteiger partial charge in [-0.05, 0) is 26.3 Å². The van der Waals surface area contributed by atoms with Crippen LogP contribution in [0.15, 0.2) is 12.1 Å². The van der Waals surface area contributed by atoms with E-state index in [2.05, 4.69) is 28.4 Å². The van der Waals surface area contributed by atoms with Gasteiger partial charge in [0, 0.05) is 24.4 Å². The Kier molecular flexibility index (Phi) is 4.15. The van der Waals surface area contributed by atoms with Gasteiger partial charge in [-0.1, -0.05) is 13.3 Å². The van der Waals surface area contributed by atoms with Crippen LogP contribution >= 0.6 is 0 Å². The van der Waals surface area contributed by atoms with Crippen LogP contribution in [-0.4, -0.2) is 27.7 Å². The van der Waals surface area contributed by atoms with Crippen molar-refractivity contribution in [3.05, 3.63) is 23.5 Å². The van der Waals surface area contributed by atoms with Gasteiger partial charge in [0.15, 0.2) is 5.65 Å². The summed E-state index contributed by atoms with van der Waals surface area (Å²) in [5.41, 5.74) is 8.52. The summed E-state index contributed by atoms with van der Waals surface area (Å²) in [5, 5.41) is 7.83. The zero-order chi connectivity index (χ0) is 13.0. The van der Waals surface area contributed by atoms with Gasteiger partial charge in [0.25, 0.3) is 0 Å². The number of hydrogen-bond acceptors (Lipinski definition) is 4. The lowest BCUT2D eigenvalue weighted by Gasteiger charge is -2.09. The van der Waals surface area contributed by atoms with Gasteiger partial charge in [-0.3, -0.25) is 0 Å². The van der Waals surface area contributed by atoms with Gasteiger partial charge >= 0.3 is 0 Å². The minimum atomic E-state index is 0.696. The molecule has 5 nitrogen and oxygen atoms in total. The lowest BCUT2D eigenvalue weighted by Crippen LogP contribution is -2.12. The summed E-state index contributed by atoms with van der Waals surface area (Å²) in [7, 11) is 0. The zero-order valence-electron chi connectivity index (χ0n) is 11.1. The second-order valence-corrected chi connectivity index (χ2v) is 4.51. The zero-order valence-corrected chi connectivity index (χ0v) is 11.1. The van der Waals surface area contributed by atoms with Gasteiger partial charge in [0.1, 0.15) is 5.82 Å². The van der Waals surface area contributed by atoms with E-state index in [4.69, 9.17) is 5.73 Å². The van der Waals surface area contributed by atoms with Crippen LogP contribution in [0.4, 0.5) is 5.82 Å². The van der Waals surface area contributed by atoms with Crippen molar-refractivity contribution in [1.82, 2.24) is 14.6 Å². The Hall–Kier alpha value is -1.62. The van der Waals surface area contributed by atoms with Crippen LogP contribution in [0, 0.1) is 6.92 Å². The van der Waals surface area contributed by atoms with Crippen molar-refractivity contribution < 1.29 is 0 Å². The standard InChI is InChI=1S/C13H21N5/c1-3-5-11-9-12(15-7-4-6-14)18-13(16-11)8-10(2)17-18/h8-9,15H,3-7,14H2,1-2H3. The summed E-state index contributed by atoms with van der Waals surface area (Å²) in [6.45, 7) is 5.70. The molecule has 98 valence electrons. The molecule has 0 amide bonds. The van der Waals surface area contributed by atoms with E-state index in [9.17, 15) is 0 Å². The van der Waals surface area contributed by atoms with E-state index in [1.807, 2.05) is 17.5 Å². The van der Waals surface area contributed by atoms with Crippen molar-refractivity contribution in [2.45, 2.75) is 33.1 Å². The van der Waals surface area contributed by atoms with Crippen LogP contribution in [0.1, 0.15) is 31.2 Å². The molecule has 0 aromatic carbocycles. The fraction of sp³-hybridized carbons (Fsp3) is 0.538. The third kappa shape index (κ3) is 2.79. The van der Waals surface area contributed by atoms with Crippen LogP contribution in [0.5, 0.6) is 0 Å². The summed E-state index contributed by atoms with van der Waals surface area (Å²) >= 11 is 0. The maximum atomic E-state index is 5.51. The number of aryl methyl sites for hydroxylation is 2. The molecule has 0 bridgehead atoms. The third-order valence-electron chi connectivity index (χ3n) is 2.80. The summed E-state index contributed by atoms with van der Waals surface area (Å²) in [6, 6.07) is 4.09. The van der Waals surface area contributed by atoms with Gasteiger partial charge in [-0.2, -0.15) is 9.61 Å². The van der Waals surface area contributed by atoms with Crippen LogP contribution in [-0.2, 0) is 6.42 Å². The molecule has 0 saturated heterocycles. The van der Waals surface area contributed by atoms with E-state index >= 15 is 0 Å². The van der Waals surface area contributed by atoms with Gasteiger partial charge in [-0.25, -0.2) is 4.98 Å². The summed E-state index contributed by atoms with van der Waals surface area (Å²) in [6.07, 6.45) is 3.04. The maximum absolute atomic E-state index is 5.51. The highest BCUT2D eigenvalue weighted by Gasteiger charge is 2.07. The van der Waals surface area contributed by atoms with Crippen molar-refractivity contribution in [2.24, 2.45) is 5.73 Å². The van der Waals surface area contributed by atoms with E-state index in [-0.39, 0.29) is 0 Å². The number of nitrogens with two attached hydrogens (primary N) is 1. The molecule has 0 unspecified atom stereocenters. The first-order valence-corrected chi connectivity index (χ1v) is 6.55. The van der Waals surface area contributed by atoms with E-state index in [0.29, 0.717) is 6.54 Å². The molecule has 2 rings (SSSR count). The highest BCUT2D eigenvalue weighted by atomic mass is 15.3. The minimum Gasteiger partial charge on any atom is -0.370 e. The van der Waals surface area contributed by atoms with Crippen molar-refractivity contribution in [2.75, 3.05) is 18.4 Å². The Labute approximate surface area is 107 Å². The van der Waals surface area contributed by atoms with E-state index in [1.165, 1.54) is 0 Å². The number of fused-ring (bicyclic) bond motifs is 1. The van der Waals surface area contributed by atoms with Crippen LogP contribution in [0.3, 0.4) is 0 Å². The molecular weight excluding hydrogens is 226 g/mol. The van der Waals surface area contributed by atoms with Crippen molar-refractivity contribution >= 4 is 11.5 Å². The normalized spacial score (nSPS) is 11.1. The first-order chi connectivity index (χ1) is 8.74. The number of anilines is 1. The molecule has 0 atom stereocenters. The average Bonchev–Trinajstić information content (AvgIpc) is 2.70. The number of aromatic nitrogens is 3. The van der Waals surface area contributed by atoms with Gasteiger partial charge in [0.2, 0.25) is 0 Å². The Morgan fingerprint density at radius 3 is 2.94 bits per heavy atom. The van der Waals surface area contributed by atoms with Crippen LogP contribution in [0.25, 0.3) is 5.65 Å². The van der Waals surface area contributed by atoms with Crippen LogP contribution in [0.2, 0.25) is 0 Å². The smallest absolute Gasteiger partial charge is 0.157 e. The Morgan fingerprint density at radius 2 is 2.22 bits per heavy atom. The van der Waals surface area contributed by atoms with Crippen molar-refractivity contribution in [3.8, 4) is 0 Å². The molecule has 2 aromatic rings. The number of rotatable bonds is 6. The molecule has 0 aliphatic carbocycles. The molecule has 0 radical (unpaired) electrons. The topological polar surface area (TPSA) is 68.2 Å². The number of nitrogens with zero attached hydrogens (tertiary/aromatic N) is 3. The van der Waals surface area contributed by atoms with Crippen molar-refractivity contribution in [1.29, 1.82) is 0 Å². The molecule has 3 N–H and O–H groups in total. The Bertz CT molecular complexity index is 517. The average molecular weight is 247 g/mol. The first kappa shape index (κ1) is 12.8. The predicted octanol–water partition coefficient (Wildman–Crippen LogP) is 1.75. The highest BCUT2D eigenvalue weighted by Crippen LogP contribution is 2.15. The second kappa shape index (κ2) is 5.82. The monoisotopic (exact) mass is 247 g/mol. The molecule has 2 heterocycles. The van der Waals surface area contributed by atoms with Crippen LogP contribution < -0.4 is 11.1 Å². The molecule has 0 aliphatic heterocycles. The van der Waals surface area contributed by atoms with E-state index in [0.717, 1.165) is 48.7 Å². The van der Waals surface area contributed by atoms with E-state index in [1.54, 1.807) is 0 Å². The fourth-order valence-electron chi connectivity index (χ4n) is 1.97. The molecule has 0 aliphatic rings. The largest absolute Gasteiger partial charge is 0.370 e. The SMILES string of the molecule is CCCc1cc(NCCCN)n2nc(C)cc2n1. The third-order valence-corrected chi connectivity index (χ3v) is 2.80. The minimum absolute atomic E-state index is 0.696. The van der Waals surface area contributed by atoms with Gasteiger partial charge in [-0.15, -0.1) is 0 Å². The Morgan fingerprint density at radius 1 is 1.39 bits per heavy atom. The maximum Gasteiger partial charge on any atom is 0.157 e. The summed E-state index contributed by atoms with van der Waals surface area (Å²) in [5.74, 6) is 1.00. The molecule has 5 heteroatoms. The van der Waals surface area contributed by atoms with Crippen molar-refractivity contribution in [3.63, 3.8) is 0 Å². The summed E-state index contributed by atoms with van der Waals surface area (Å²) < 4.78 is 1.87. The molecule has 0 fully saturated rings. The number of hydrogen-bond donors (Lipinski definition) is 2. The Balaban J connectivity index is 2.33. The predicted molar refractivity (Wildman–Crippen MR) is 73.9 cm³/mol. The molecule has 0 saturated carbocycles. The summed E-state index contributed by atoms with van der Waals surface area (Å²) in [4.78, 5) is 4.61. The molecule has 2 aromatic heterocycles. The second-order valence-electron chi connectivity index (χ2n) is 4.51. The number of nitrogens with one attached hydrogen (secondary N) is 1. The fourth-order valence-corrected chi connectivity index (χ4v) is 1.97. The molecule has 18 heavy (non-hydrogen) atoms. The molecule has 0 spiro atoms. The van der Waals surface area contributed by atoms with Gasteiger partial charge in [0.05, 0.1) is 5.69 Å². The van der Waals surface area contributed by atoms with Gasteiger partial charge < -0.3 is 11.1 Å². The first-order valence-electron chi connectivity index (χ1n) is 6.55. The van der Waals surface area contributed by atoms with E-state index < -0.39 is 0 Å². The quantitative estimate of drug-likeness (QED) is 0.763.